The monoisotopic (exact) mass is 310 g/mol. The molecule has 5 nitrogen and oxygen atoms in total. The topological polar surface area (TPSA) is 59.5 Å². The maximum Gasteiger partial charge on any atom is 0.273 e. The number of aryl methyl sites for hydroxylation is 1. The number of hydrogen-bond acceptors (Lipinski definition) is 5. The summed E-state index contributed by atoms with van der Waals surface area (Å²) >= 11 is 1.41. The Hall–Kier alpha value is -1.44. The van der Waals surface area contributed by atoms with E-state index >= 15 is 0 Å². The van der Waals surface area contributed by atoms with Crippen LogP contribution in [-0.4, -0.2) is 36.9 Å². The molecule has 0 atom stereocenters. The minimum Gasteiger partial charge on any atom is -0.464 e. The van der Waals surface area contributed by atoms with Crippen LogP contribution < -0.4 is 4.74 Å². The number of rotatable bonds is 4. The van der Waals surface area contributed by atoms with E-state index in [1.165, 1.54) is 15.6 Å². The average molecular weight is 310 g/mol. The predicted octanol–water partition coefficient (Wildman–Crippen LogP) is 1.90. The van der Waals surface area contributed by atoms with Gasteiger partial charge < -0.3 is 4.74 Å². The highest BCUT2D eigenvalue weighted by Crippen LogP contribution is 2.25. The maximum absolute atomic E-state index is 12.3. The molecular formula is C13H14N2O3S2. The molecule has 1 aliphatic rings. The van der Waals surface area contributed by atoms with E-state index in [2.05, 4.69) is 4.98 Å². The highest BCUT2D eigenvalue weighted by atomic mass is 32.2. The van der Waals surface area contributed by atoms with Crippen molar-refractivity contribution in [2.45, 2.75) is 17.9 Å². The summed E-state index contributed by atoms with van der Waals surface area (Å²) in [6, 6.07) is 6.88. The van der Waals surface area contributed by atoms with Gasteiger partial charge in [-0.2, -0.15) is 4.31 Å². The maximum atomic E-state index is 12.3. The van der Waals surface area contributed by atoms with Gasteiger partial charge in [-0.25, -0.2) is 13.4 Å². The number of sulfonamides is 1. The Morgan fingerprint density at radius 3 is 2.60 bits per heavy atom. The van der Waals surface area contributed by atoms with Crippen molar-refractivity contribution < 1.29 is 13.2 Å². The largest absolute Gasteiger partial charge is 0.464 e. The third-order valence-corrected chi connectivity index (χ3v) is 5.66. The van der Waals surface area contributed by atoms with Gasteiger partial charge in [0, 0.05) is 11.6 Å². The van der Waals surface area contributed by atoms with Crippen molar-refractivity contribution in [1.82, 2.24) is 9.29 Å². The Balaban J connectivity index is 1.65. The molecule has 0 unspecified atom stereocenters. The van der Waals surface area contributed by atoms with Gasteiger partial charge >= 0.3 is 0 Å². The Morgan fingerprint density at radius 1 is 1.30 bits per heavy atom. The summed E-state index contributed by atoms with van der Waals surface area (Å²) in [5.74, 6) is 0. The second-order valence-corrected chi connectivity index (χ2v) is 7.47. The van der Waals surface area contributed by atoms with E-state index in [1.807, 2.05) is 12.3 Å². The van der Waals surface area contributed by atoms with Crippen molar-refractivity contribution in [2.75, 3.05) is 13.1 Å². The lowest BCUT2D eigenvalue weighted by atomic mass is 10.2. The van der Waals surface area contributed by atoms with Crippen LogP contribution in [0.25, 0.3) is 0 Å². The van der Waals surface area contributed by atoms with Crippen LogP contribution in [0.3, 0.4) is 0 Å². The van der Waals surface area contributed by atoms with E-state index in [9.17, 15) is 8.42 Å². The number of ether oxygens (including phenoxy) is 1. The van der Waals surface area contributed by atoms with Crippen LogP contribution in [0.4, 0.5) is 0 Å². The predicted molar refractivity (Wildman–Crippen MR) is 76.5 cm³/mol. The molecule has 1 aromatic carbocycles. The van der Waals surface area contributed by atoms with Crippen LogP contribution in [0.15, 0.2) is 40.7 Å². The summed E-state index contributed by atoms with van der Waals surface area (Å²) in [6.07, 6.45) is 1.56. The zero-order chi connectivity index (χ0) is 14.2. The molecule has 0 spiro atoms. The fourth-order valence-electron chi connectivity index (χ4n) is 1.94. The molecule has 106 valence electrons. The number of nitrogens with zero attached hydrogens (tertiary/aromatic N) is 2. The van der Waals surface area contributed by atoms with E-state index in [0.29, 0.717) is 23.2 Å². The zero-order valence-corrected chi connectivity index (χ0v) is 12.5. The fraction of sp³-hybridized carbons (Fsp3) is 0.308. The smallest absolute Gasteiger partial charge is 0.273 e. The number of benzene rings is 1. The van der Waals surface area contributed by atoms with Gasteiger partial charge in [0.15, 0.2) is 0 Å². The lowest BCUT2D eigenvalue weighted by Crippen LogP contribution is -2.55. The number of thiazole rings is 1. The second-order valence-electron chi connectivity index (χ2n) is 4.67. The van der Waals surface area contributed by atoms with Gasteiger partial charge in [-0.3, -0.25) is 0 Å². The molecule has 2 heterocycles. The van der Waals surface area contributed by atoms with Crippen molar-refractivity contribution in [2.24, 2.45) is 0 Å². The Morgan fingerprint density at radius 2 is 2.00 bits per heavy atom. The summed E-state index contributed by atoms with van der Waals surface area (Å²) in [4.78, 5) is 4.35. The van der Waals surface area contributed by atoms with Crippen LogP contribution in [-0.2, 0) is 10.0 Å². The number of aromatic nitrogens is 1. The molecule has 0 radical (unpaired) electrons. The van der Waals surface area contributed by atoms with Gasteiger partial charge in [0.1, 0.15) is 6.10 Å². The van der Waals surface area contributed by atoms with Crippen LogP contribution >= 0.6 is 11.3 Å². The van der Waals surface area contributed by atoms with Crippen molar-refractivity contribution in [3.8, 4) is 5.19 Å². The molecule has 2 aromatic rings. The normalized spacial score (nSPS) is 16.9. The first-order valence-corrected chi connectivity index (χ1v) is 8.50. The quantitative estimate of drug-likeness (QED) is 0.865. The first-order valence-electron chi connectivity index (χ1n) is 6.19. The van der Waals surface area contributed by atoms with Crippen molar-refractivity contribution in [1.29, 1.82) is 0 Å². The summed E-state index contributed by atoms with van der Waals surface area (Å²) < 4.78 is 31.7. The third kappa shape index (κ3) is 2.56. The van der Waals surface area contributed by atoms with Crippen molar-refractivity contribution >= 4 is 21.4 Å². The van der Waals surface area contributed by atoms with Gasteiger partial charge in [0.05, 0.1) is 18.0 Å². The molecule has 0 amide bonds. The molecule has 1 aromatic heterocycles. The van der Waals surface area contributed by atoms with Gasteiger partial charge in [-0.05, 0) is 19.1 Å². The molecule has 1 fully saturated rings. The zero-order valence-electron chi connectivity index (χ0n) is 10.9. The Bertz CT molecular complexity index is 675. The summed E-state index contributed by atoms with van der Waals surface area (Å²) in [5.41, 5.74) is 1.04. The highest BCUT2D eigenvalue weighted by Gasteiger charge is 2.38. The van der Waals surface area contributed by atoms with E-state index in [1.54, 1.807) is 30.5 Å². The first-order chi connectivity index (χ1) is 9.55. The molecule has 1 saturated heterocycles. The van der Waals surface area contributed by atoms with E-state index in [4.69, 9.17) is 4.74 Å². The lowest BCUT2D eigenvalue weighted by Gasteiger charge is -2.37. The molecule has 20 heavy (non-hydrogen) atoms. The molecule has 7 heteroatoms. The second kappa shape index (κ2) is 5.16. The summed E-state index contributed by atoms with van der Waals surface area (Å²) in [5, 5.41) is 2.41. The number of hydrogen-bond donors (Lipinski definition) is 0. The van der Waals surface area contributed by atoms with Crippen LogP contribution in [0, 0.1) is 6.92 Å². The van der Waals surface area contributed by atoms with Crippen LogP contribution in [0.5, 0.6) is 5.19 Å². The molecule has 0 saturated carbocycles. The van der Waals surface area contributed by atoms with Crippen molar-refractivity contribution in [3.05, 3.63) is 41.4 Å². The van der Waals surface area contributed by atoms with Crippen LogP contribution in [0.1, 0.15) is 5.56 Å². The van der Waals surface area contributed by atoms with Gasteiger partial charge in [-0.15, -0.1) is 0 Å². The minimum absolute atomic E-state index is 0.110. The highest BCUT2D eigenvalue weighted by molar-refractivity contribution is 7.89. The molecule has 0 N–H and O–H groups in total. The minimum atomic E-state index is -3.39. The van der Waals surface area contributed by atoms with E-state index < -0.39 is 10.0 Å². The Kier molecular flexibility index (Phi) is 3.49. The molecule has 0 aliphatic carbocycles. The van der Waals surface area contributed by atoms with Crippen molar-refractivity contribution in [3.63, 3.8) is 0 Å². The SMILES string of the molecule is Cc1ccc(S(=O)(=O)N2CC(Oc3nccs3)C2)cc1. The molecule has 0 bridgehead atoms. The molecular weight excluding hydrogens is 296 g/mol. The van der Waals surface area contributed by atoms with Gasteiger partial charge in [0.2, 0.25) is 10.0 Å². The molecule has 1 aliphatic heterocycles. The third-order valence-electron chi connectivity index (χ3n) is 3.15. The lowest BCUT2D eigenvalue weighted by molar-refractivity contribution is 0.0759. The fourth-order valence-corrected chi connectivity index (χ4v) is 4.00. The summed E-state index contributed by atoms with van der Waals surface area (Å²) in [7, 11) is -3.39. The van der Waals surface area contributed by atoms with Crippen LogP contribution in [0.2, 0.25) is 0 Å². The van der Waals surface area contributed by atoms with E-state index in [0.717, 1.165) is 5.56 Å². The molecule has 3 rings (SSSR count). The first kappa shape index (κ1) is 13.5. The Labute approximate surface area is 121 Å². The average Bonchev–Trinajstić information content (AvgIpc) is 2.86. The van der Waals surface area contributed by atoms with E-state index in [-0.39, 0.29) is 6.10 Å². The van der Waals surface area contributed by atoms with Gasteiger partial charge in [0.25, 0.3) is 5.19 Å². The summed E-state index contributed by atoms with van der Waals surface area (Å²) in [6.45, 7) is 2.67. The standard InChI is InChI=1S/C13H14N2O3S2/c1-10-2-4-12(5-3-10)20(16,17)15-8-11(9-15)18-13-14-6-7-19-13/h2-7,11H,8-9H2,1H3. The van der Waals surface area contributed by atoms with Gasteiger partial charge in [-0.1, -0.05) is 29.0 Å².